The van der Waals surface area contributed by atoms with Crippen molar-refractivity contribution in [2.45, 2.75) is 12.8 Å². The monoisotopic (exact) mass is 435 g/mol. The van der Waals surface area contributed by atoms with Gasteiger partial charge >= 0.3 is 0 Å². The van der Waals surface area contributed by atoms with Crippen molar-refractivity contribution < 1.29 is 19.1 Å². The predicted octanol–water partition coefficient (Wildman–Crippen LogP) is 3.11. The molecule has 7 nitrogen and oxygen atoms in total. The number of ether oxygens (including phenoxy) is 2. The van der Waals surface area contributed by atoms with E-state index in [1.807, 2.05) is 70.1 Å². The molecular formula is C25H29N3O4. The number of benzene rings is 2. The van der Waals surface area contributed by atoms with Gasteiger partial charge < -0.3 is 23.8 Å². The number of para-hydroxylation sites is 1. The van der Waals surface area contributed by atoms with E-state index in [0.29, 0.717) is 50.5 Å². The number of hydrogen-bond acceptors (Lipinski definition) is 4. The molecule has 2 amide bonds. The fourth-order valence-electron chi connectivity index (χ4n) is 4.29. The van der Waals surface area contributed by atoms with Crippen molar-refractivity contribution in [3.8, 4) is 11.5 Å². The molecule has 4 rings (SSSR count). The minimum absolute atomic E-state index is 0.0271. The quantitative estimate of drug-likeness (QED) is 0.597. The molecule has 2 heterocycles. The van der Waals surface area contributed by atoms with E-state index < -0.39 is 0 Å². The van der Waals surface area contributed by atoms with Gasteiger partial charge in [0.25, 0.3) is 5.91 Å². The Kier molecular flexibility index (Phi) is 6.35. The van der Waals surface area contributed by atoms with Crippen LogP contribution in [0.2, 0.25) is 0 Å². The third kappa shape index (κ3) is 4.28. The second-order valence-electron chi connectivity index (χ2n) is 8.03. The fraction of sp³-hybridized carbons (Fsp3) is 0.360. The molecule has 0 aliphatic carbocycles. The van der Waals surface area contributed by atoms with Gasteiger partial charge in [0, 0.05) is 56.7 Å². The van der Waals surface area contributed by atoms with Crippen LogP contribution in [0.3, 0.4) is 0 Å². The van der Waals surface area contributed by atoms with Crippen LogP contribution in [0.5, 0.6) is 11.5 Å². The molecule has 1 aromatic heterocycles. The van der Waals surface area contributed by atoms with Gasteiger partial charge in [0.05, 0.1) is 19.8 Å². The van der Waals surface area contributed by atoms with Gasteiger partial charge in [0.15, 0.2) is 11.5 Å². The predicted molar refractivity (Wildman–Crippen MR) is 123 cm³/mol. The maximum atomic E-state index is 13.1. The molecule has 32 heavy (non-hydrogen) atoms. The van der Waals surface area contributed by atoms with Crippen LogP contribution in [0.4, 0.5) is 0 Å². The van der Waals surface area contributed by atoms with Crippen molar-refractivity contribution in [1.29, 1.82) is 0 Å². The molecule has 0 spiro atoms. The number of fused-ring (bicyclic) bond motifs is 1. The minimum atomic E-state index is 0.0271. The van der Waals surface area contributed by atoms with E-state index in [-0.39, 0.29) is 11.8 Å². The van der Waals surface area contributed by atoms with Crippen LogP contribution in [0.25, 0.3) is 10.9 Å². The number of carbonyl (C=O) groups excluding carboxylic acids is 2. The standard InChI is InChI=1S/C25H29N3O4/c1-26-17-20(19-6-4-5-7-21(19)26)25(30)28-14-12-27(13-15-28)24(29)11-9-18-8-10-22(31-2)23(16-18)32-3/h4-8,10,16-17H,9,11-15H2,1-3H3. The molecule has 0 bridgehead atoms. The number of aromatic nitrogens is 1. The fourth-order valence-corrected chi connectivity index (χ4v) is 4.29. The van der Waals surface area contributed by atoms with Crippen molar-refractivity contribution in [3.05, 3.63) is 59.8 Å². The lowest BCUT2D eigenvalue weighted by molar-refractivity contribution is -0.132. The molecule has 0 unspecified atom stereocenters. The largest absolute Gasteiger partial charge is 0.493 e. The van der Waals surface area contributed by atoms with Crippen molar-refractivity contribution >= 4 is 22.7 Å². The van der Waals surface area contributed by atoms with Gasteiger partial charge in [0.1, 0.15) is 0 Å². The zero-order valence-corrected chi connectivity index (χ0v) is 18.8. The molecule has 0 atom stereocenters. The molecule has 3 aromatic rings. The molecule has 1 aliphatic rings. The van der Waals surface area contributed by atoms with E-state index in [1.165, 1.54) is 0 Å². The van der Waals surface area contributed by atoms with Crippen LogP contribution in [0, 0.1) is 0 Å². The molecule has 2 aromatic carbocycles. The zero-order valence-electron chi connectivity index (χ0n) is 18.8. The molecule has 1 fully saturated rings. The number of hydrogen-bond donors (Lipinski definition) is 0. The summed E-state index contributed by atoms with van der Waals surface area (Å²) in [5.74, 6) is 1.48. The summed E-state index contributed by atoms with van der Waals surface area (Å²) in [5, 5.41) is 0.966. The SMILES string of the molecule is COc1ccc(CCC(=O)N2CCN(C(=O)c3cn(C)c4ccccc34)CC2)cc1OC. The smallest absolute Gasteiger partial charge is 0.256 e. The van der Waals surface area contributed by atoms with Crippen molar-refractivity contribution in [2.75, 3.05) is 40.4 Å². The molecule has 1 saturated heterocycles. The maximum absolute atomic E-state index is 13.1. The lowest BCUT2D eigenvalue weighted by atomic mass is 10.1. The summed E-state index contributed by atoms with van der Waals surface area (Å²) in [5.41, 5.74) is 2.79. The van der Waals surface area contributed by atoms with Crippen LogP contribution in [0.15, 0.2) is 48.7 Å². The van der Waals surface area contributed by atoms with Gasteiger partial charge in [-0.3, -0.25) is 9.59 Å². The first-order valence-electron chi connectivity index (χ1n) is 10.8. The first-order chi connectivity index (χ1) is 15.5. The van der Waals surface area contributed by atoms with E-state index in [4.69, 9.17) is 9.47 Å². The van der Waals surface area contributed by atoms with Gasteiger partial charge in [-0.05, 0) is 30.2 Å². The third-order valence-corrected chi connectivity index (χ3v) is 6.12. The Morgan fingerprint density at radius 1 is 0.906 bits per heavy atom. The molecular weight excluding hydrogens is 406 g/mol. The zero-order chi connectivity index (χ0) is 22.7. The number of amides is 2. The van der Waals surface area contributed by atoms with Crippen LogP contribution in [-0.4, -0.2) is 66.6 Å². The van der Waals surface area contributed by atoms with Crippen molar-refractivity contribution in [2.24, 2.45) is 7.05 Å². The minimum Gasteiger partial charge on any atom is -0.493 e. The molecule has 168 valence electrons. The Balaban J connectivity index is 1.33. The van der Waals surface area contributed by atoms with Crippen LogP contribution >= 0.6 is 0 Å². The molecule has 7 heteroatoms. The van der Waals surface area contributed by atoms with E-state index in [0.717, 1.165) is 22.0 Å². The van der Waals surface area contributed by atoms with E-state index in [1.54, 1.807) is 14.2 Å². The average molecular weight is 436 g/mol. The topological polar surface area (TPSA) is 64.0 Å². The average Bonchev–Trinajstić information content (AvgIpc) is 3.18. The third-order valence-electron chi connectivity index (χ3n) is 6.12. The molecule has 0 N–H and O–H groups in total. The summed E-state index contributed by atoms with van der Waals surface area (Å²) in [7, 11) is 5.16. The van der Waals surface area contributed by atoms with Crippen LogP contribution < -0.4 is 9.47 Å². The molecule has 1 aliphatic heterocycles. The summed E-state index contributed by atoms with van der Waals surface area (Å²) in [6.45, 7) is 2.21. The number of rotatable bonds is 6. The van der Waals surface area contributed by atoms with E-state index in [2.05, 4.69) is 0 Å². The second kappa shape index (κ2) is 9.34. The normalized spacial score (nSPS) is 14.0. The van der Waals surface area contributed by atoms with Gasteiger partial charge in [-0.1, -0.05) is 24.3 Å². The van der Waals surface area contributed by atoms with Gasteiger partial charge in [-0.2, -0.15) is 0 Å². The number of carbonyl (C=O) groups is 2. The highest BCUT2D eigenvalue weighted by molar-refractivity contribution is 6.07. The number of methoxy groups -OCH3 is 2. The first kappa shape index (κ1) is 21.7. The number of aryl methyl sites for hydroxylation is 2. The van der Waals surface area contributed by atoms with Gasteiger partial charge in [0.2, 0.25) is 5.91 Å². The summed E-state index contributed by atoms with van der Waals surface area (Å²) in [6.07, 6.45) is 2.95. The highest BCUT2D eigenvalue weighted by Crippen LogP contribution is 2.28. The Morgan fingerprint density at radius 3 is 2.31 bits per heavy atom. The highest BCUT2D eigenvalue weighted by Gasteiger charge is 2.26. The van der Waals surface area contributed by atoms with Crippen molar-refractivity contribution in [3.63, 3.8) is 0 Å². The Bertz CT molecular complexity index is 1130. The van der Waals surface area contributed by atoms with Crippen LogP contribution in [0.1, 0.15) is 22.3 Å². The second-order valence-corrected chi connectivity index (χ2v) is 8.03. The van der Waals surface area contributed by atoms with Gasteiger partial charge in [-0.25, -0.2) is 0 Å². The summed E-state index contributed by atoms with van der Waals surface area (Å²) < 4.78 is 12.6. The summed E-state index contributed by atoms with van der Waals surface area (Å²) in [4.78, 5) is 29.6. The van der Waals surface area contributed by atoms with E-state index in [9.17, 15) is 9.59 Å². The molecule has 0 saturated carbocycles. The Hall–Kier alpha value is -3.48. The van der Waals surface area contributed by atoms with E-state index >= 15 is 0 Å². The summed E-state index contributed by atoms with van der Waals surface area (Å²) >= 11 is 0. The number of nitrogens with zero attached hydrogens (tertiary/aromatic N) is 3. The Labute approximate surface area is 188 Å². The van der Waals surface area contributed by atoms with Gasteiger partial charge in [-0.15, -0.1) is 0 Å². The molecule has 0 radical (unpaired) electrons. The maximum Gasteiger partial charge on any atom is 0.256 e. The Morgan fingerprint density at radius 2 is 1.59 bits per heavy atom. The van der Waals surface area contributed by atoms with Crippen molar-refractivity contribution in [1.82, 2.24) is 14.4 Å². The van der Waals surface area contributed by atoms with Crippen LogP contribution in [-0.2, 0) is 18.3 Å². The lowest BCUT2D eigenvalue weighted by Crippen LogP contribution is -2.50. The first-order valence-corrected chi connectivity index (χ1v) is 10.8. The number of piperazine rings is 1. The lowest BCUT2D eigenvalue weighted by Gasteiger charge is -2.34. The highest BCUT2D eigenvalue weighted by atomic mass is 16.5. The summed E-state index contributed by atoms with van der Waals surface area (Å²) in [6, 6.07) is 13.6.